The Bertz CT molecular complexity index is 2090. The van der Waals surface area contributed by atoms with E-state index < -0.39 is 0 Å². The lowest BCUT2D eigenvalue weighted by atomic mass is 9.74. The van der Waals surface area contributed by atoms with Crippen molar-refractivity contribution in [2.75, 3.05) is 9.80 Å². The van der Waals surface area contributed by atoms with E-state index in [2.05, 4.69) is 197 Å². The van der Waals surface area contributed by atoms with Gasteiger partial charge in [0.05, 0.1) is 0 Å². The first-order valence-corrected chi connectivity index (χ1v) is 17.3. The maximum Gasteiger partial charge on any atom is 0.0468 e. The molecule has 0 unspecified atom stereocenters. The molecule has 6 aromatic carbocycles. The van der Waals surface area contributed by atoms with Crippen molar-refractivity contribution in [3.63, 3.8) is 0 Å². The maximum absolute atomic E-state index is 2.45. The van der Waals surface area contributed by atoms with E-state index in [-0.39, 0.29) is 10.8 Å². The summed E-state index contributed by atoms with van der Waals surface area (Å²) in [4.78, 5) is 4.79. The number of benzene rings is 6. The molecule has 0 aliphatic heterocycles. The zero-order chi connectivity index (χ0) is 33.5. The van der Waals surface area contributed by atoms with Gasteiger partial charge < -0.3 is 9.80 Å². The first-order chi connectivity index (χ1) is 23.1. The van der Waals surface area contributed by atoms with E-state index in [0.717, 1.165) is 29.9 Å². The molecule has 0 fully saturated rings. The molecule has 0 saturated carbocycles. The summed E-state index contributed by atoms with van der Waals surface area (Å²) in [6.07, 6.45) is 9.09. The zero-order valence-corrected chi connectivity index (χ0v) is 29.2. The fourth-order valence-electron chi connectivity index (χ4n) is 7.49. The molecule has 0 amide bonds. The average molecular weight is 627 g/mol. The predicted molar refractivity (Wildman–Crippen MR) is 209 cm³/mol. The van der Waals surface area contributed by atoms with Crippen LogP contribution in [0, 0.1) is 0 Å². The van der Waals surface area contributed by atoms with Gasteiger partial charge in [0, 0.05) is 34.1 Å². The number of para-hydroxylation sites is 3. The predicted octanol–water partition coefficient (Wildman–Crippen LogP) is 13.4. The highest BCUT2D eigenvalue weighted by atomic mass is 15.1. The SMILES string of the molecule is CC(C)(C)c1c2ccc(N(c3ccccc3)c3ccccc3)cc2c(C(C)(C)C)c2ccc(N(C3=CCCC=C3)c3ccccc3)cc12. The Kier molecular flexibility index (Phi) is 8.21. The van der Waals surface area contributed by atoms with E-state index >= 15 is 0 Å². The minimum Gasteiger partial charge on any atom is -0.311 e. The molecular formula is C46H46N2. The molecular weight excluding hydrogens is 581 g/mol. The molecule has 0 bridgehead atoms. The van der Waals surface area contributed by atoms with Gasteiger partial charge in [0.1, 0.15) is 0 Å². The van der Waals surface area contributed by atoms with E-state index in [0.29, 0.717) is 0 Å². The van der Waals surface area contributed by atoms with E-state index in [1.54, 1.807) is 0 Å². The van der Waals surface area contributed by atoms with Crippen molar-refractivity contribution in [1.29, 1.82) is 0 Å². The zero-order valence-electron chi connectivity index (χ0n) is 29.2. The Labute approximate surface area is 286 Å². The summed E-state index contributed by atoms with van der Waals surface area (Å²) in [6, 6.07) is 46.5. The van der Waals surface area contributed by atoms with Crippen LogP contribution in [0.1, 0.15) is 65.5 Å². The second-order valence-electron chi connectivity index (χ2n) is 15.0. The molecule has 2 nitrogen and oxygen atoms in total. The highest BCUT2D eigenvalue weighted by molar-refractivity contribution is 6.09. The molecule has 1 aliphatic rings. The summed E-state index contributed by atoms with van der Waals surface area (Å²) in [5.74, 6) is 0. The van der Waals surface area contributed by atoms with Crippen molar-refractivity contribution < 1.29 is 0 Å². The van der Waals surface area contributed by atoms with Crippen molar-refractivity contribution in [2.24, 2.45) is 0 Å². The molecule has 2 heteroatoms. The summed E-state index contributed by atoms with van der Waals surface area (Å²) in [7, 11) is 0. The molecule has 7 rings (SSSR count). The van der Waals surface area contributed by atoms with Crippen LogP contribution in [-0.2, 0) is 10.8 Å². The number of anilines is 5. The van der Waals surface area contributed by atoms with Crippen molar-refractivity contribution in [3.8, 4) is 0 Å². The number of allylic oxidation sites excluding steroid dienone is 3. The smallest absolute Gasteiger partial charge is 0.0468 e. The van der Waals surface area contributed by atoms with Crippen molar-refractivity contribution >= 4 is 50.0 Å². The normalized spacial score (nSPS) is 13.5. The Hall–Kier alpha value is -5.08. The minimum absolute atomic E-state index is 0.0901. The van der Waals surface area contributed by atoms with Gasteiger partial charge in [0.2, 0.25) is 0 Å². The van der Waals surface area contributed by atoms with Gasteiger partial charge >= 0.3 is 0 Å². The number of nitrogens with zero attached hydrogens (tertiary/aromatic N) is 2. The third kappa shape index (κ3) is 5.92. The van der Waals surface area contributed by atoms with Gasteiger partial charge in [-0.25, -0.2) is 0 Å². The first-order valence-electron chi connectivity index (χ1n) is 17.3. The lowest BCUT2D eigenvalue weighted by Crippen LogP contribution is -2.19. The van der Waals surface area contributed by atoms with Crippen LogP contribution < -0.4 is 9.80 Å². The lowest BCUT2D eigenvalue weighted by Gasteiger charge is -2.33. The van der Waals surface area contributed by atoms with Crippen LogP contribution in [0.25, 0.3) is 21.5 Å². The molecule has 0 atom stereocenters. The Morgan fingerprint density at radius 2 is 0.833 bits per heavy atom. The van der Waals surface area contributed by atoms with E-state index in [1.807, 2.05) is 0 Å². The van der Waals surface area contributed by atoms with Crippen LogP contribution >= 0.6 is 0 Å². The third-order valence-corrected chi connectivity index (χ3v) is 9.38. The summed E-state index contributed by atoms with van der Waals surface area (Å²) < 4.78 is 0. The standard InChI is InChI=1S/C46H46N2/c1-45(2,3)43-39-29-27-38(48(35-23-15-9-16-24-35)36-25-17-10-18-26-36)32-42(39)44(46(4,5)6)40-30-28-37(31-41(40)43)47(33-19-11-7-12-20-33)34-21-13-8-14-22-34/h7-9,11-17,19-32H,10,18H2,1-6H3. The highest BCUT2D eigenvalue weighted by Crippen LogP contribution is 2.47. The third-order valence-electron chi connectivity index (χ3n) is 9.38. The summed E-state index contributed by atoms with van der Waals surface area (Å²) >= 11 is 0. The van der Waals surface area contributed by atoms with E-state index in [4.69, 9.17) is 0 Å². The maximum atomic E-state index is 2.45. The molecule has 6 aromatic rings. The molecule has 0 saturated heterocycles. The molecule has 0 spiro atoms. The first kappa shape index (κ1) is 31.5. The highest BCUT2D eigenvalue weighted by Gasteiger charge is 2.29. The molecule has 0 heterocycles. The summed E-state index contributed by atoms with van der Waals surface area (Å²) in [5.41, 5.74) is 9.64. The van der Waals surface area contributed by atoms with E-state index in [1.165, 1.54) is 49.7 Å². The van der Waals surface area contributed by atoms with Gasteiger partial charge in [-0.2, -0.15) is 0 Å². The number of rotatable bonds is 6. The van der Waals surface area contributed by atoms with Crippen LogP contribution in [0.4, 0.5) is 28.4 Å². The Balaban J connectivity index is 1.53. The van der Waals surface area contributed by atoms with Crippen molar-refractivity contribution in [2.45, 2.75) is 65.2 Å². The molecule has 240 valence electrons. The summed E-state index contributed by atoms with van der Waals surface area (Å²) in [5, 5.41) is 5.30. The Morgan fingerprint density at radius 1 is 0.417 bits per heavy atom. The molecule has 0 radical (unpaired) electrons. The van der Waals surface area contributed by atoms with Crippen LogP contribution in [0.15, 0.2) is 151 Å². The summed E-state index contributed by atoms with van der Waals surface area (Å²) in [6.45, 7) is 14.2. The van der Waals surface area contributed by atoms with Crippen molar-refractivity contribution in [1.82, 2.24) is 0 Å². The average Bonchev–Trinajstić information content (AvgIpc) is 3.08. The quantitative estimate of drug-likeness (QED) is 0.170. The van der Waals surface area contributed by atoms with E-state index in [9.17, 15) is 0 Å². The number of hydrogen-bond donors (Lipinski definition) is 0. The molecule has 48 heavy (non-hydrogen) atoms. The van der Waals surface area contributed by atoms with Crippen LogP contribution in [0.3, 0.4) is 0 Å². The largest absolute Gasteiger partial charge is 0.311 e. The molecule has 0 aromatic heterocycles. The molecule has 1 aliphatic carbocycles. The minimum atomic E-state index is -0.0921. The van der Waals surface area contributed by atoms with Crippen molar-refractivity contribution in [3.05, 3.63) is 162 Å². The monoisotopic (exact) mass is 626 g/mol. The fraction of sp³-hybridized carbons (Fsp3) is 0.217. The number of hydrogen-bond acceptors (Lipinski definition) is 2. The topological polar surface area (TPSA) is 6.48 Å². The second kappa shape index (κ2) is 12.5. The molecule has 0 N–H and O–H groups in total. The van der Waals surface area contributed by atoms with Gasteiger partial charge in [0.25, 0.3) is 0 Å². The van der Waals surface area contributed by atoms with Gasteiger partial charge in [0.15, 0.2) is 0 Å². The number of fused-ring (bicyclic) bond motifs is 2. The van der Waals surface area contributed by atoms with Crippen LogP contribution in [-0.4, -0.2) is 0 Å². The van der Waals surface area contributed by atoms with Gasteiger partial charge in [-0.15, -0.1) is 0 Å². The second-order valence-corrected chi connectivity index (χ2v) is 15.0. The Morgan fingerprint density at radius 3 is 1.23 bits per heavy atom. The van der Waals surface area contributed by atoms with Gasteiger partial charge in [-0.1, -0.05) is 120 Å². The van der Waals surface area contributed by atoms with Gasteiger partial charge in [-0.3, -0.25) is 0 Å². The van der Waals surface area contributed by atoms with Gasteiger partial charge in [-0.05, 0) is 123 Å². The lowest BCUT2D eigenvalue weighted by molar-refractivity contribution is 0.593. The van der Waals surface area contributed by atoms with Crippen LogP contribution in [0.5, 0.6) is 0 Å². The van der Waals surface area contributed by atoms with Crippen LogP contribution in [0.2, 0.25) is 0 Å². The fourth-order valence-corrected chi connectivity index (χ4v) is 7.49.